The zero-order chi connectivity index (χ0) is 15.6. The molecule has 0 atom stereocenters. The van der Waals surface area contributed by atoms with Crippen LogP contribution < -0.4 is 20.3 Å². The van der Waals surface area contributed by atoms with Gasteiger partial charge in [-0.25, -0.2) is 4.98 Å². The van der Waals surface area contributed by atoms with Crippen molar-refractivity contribution in [3.8, 4) is 11.5 Å². The highest BCUT2D eigenvalue weighted by Gasteiger charge is 2.11. The van der Waals surface area contributed by atoms with E-state index in [-0.39, 0.29) is 5.56 Å². The number of rotatable bonds is 4. The molecule has 8 heteroatoms. The monoisotopic (exact) mass is 330 g/mol. The minimum Gasteiger partial charge on any atom is -0.486 e. The maximum atomic E-state index is 11.6. The fourth-order valence-corrected chi connectivity index (χ4v) is 3.17. The van der Waals surface area contributed by atoms with E-state index in [1.807, 2.05) is 18.2 Å². The van der Waals surface area contributed by atoms with E-state index in [9.17, 15) is 4.79 Å². The summed E-state index contributed by atoms with van der Waals surface area (Å²) >= 11 is 1.35. The minimum absolute atomic E-state index is 0.175. The normalized spacial score (nSPS) is 13.2. The number of hydrogen-bond donors (Lipinski definition) is 1. The number of benzene rings is 1. The molecule has 7 nitrogen and oxygen atoms in total. The summed E-state index contributed by atoms with van der Waals surface area (Å²) in [5, 5.41) is 8.12. The molecular weight excluding hydrogens is 316 g/mol. The van der Waals surface area contributed by atoms with Crippen LogP contribution in [0.15, 0.2) is 35.3 Å². The molecule has 23 heavy (non-hydrogen) atoms. The number of hydrogen-bond acceptors (Lipinski definition) is 7. The fourth-order valence-electron chi connectivity index (χ4n) is 2.37. The van der Waals surface area contributed by atoms with Crippen LogP contribution in [0.3, 0.4) is 0 Å². The number of nitrogens with zero attached hydrogens (tertiary/aromatic N) is 3. The summed E-state index contributed by atoms with van der Waals surface area (Å²) in [6, 6.07) is 7.36. The largest absolute Gasteiger partial charge is 0.486 e. The molecule has 3 heterocycles. The van der Waals surface area contributed by atoms with Gasteiger partial charge in [-0.15, -0.1) is 5.10 Å². The number of aromatic nitrogens is 3. The first kappa shape index (κ1) is 14.0. The predicted octanol–water partition coefficient (Wildman–Crippen LogP) is 1.58. The van der Waals surface area contributed by atoms with E-state index in [1.54, 1.807) is 0 Å². The zero-order valence-electron chi connectivity index (χ0n) is 12.2. The highest BCUT2D eigenvalue weighted by Crippen LogP contribution is 2.30. The maximum absolute atomic E-state index is 11.6. The lowest BCUT2D eigenvalue weighted by Gasteiger charge is -2.18. The van der Waals surface area contributed by atoms with E-state index in [1.165, 1.54) is 28.1 Å². The van der Waals surface area contributed by atoms with Crippen molar-refractivity contribution in [2.45, 2.75) is 6.42 Å². The van der Waals surface area contributed by atoms with Crippen LogP contribution in [-0.2, 0) is 6.42 Å². The molecule has 1 aliphatic heterocycles. The van der Waals surface area contributed by atoms with Crippen LogP contribution in [0.4, 0.5) is 5.13 Å². The minimum atomic E-state index is -0.175. The van der Waals surface area contributed by atoms with Gasteiger partial charge in [0.05, 0.1) is 0 Å². The van der Waals surface area contributed by atoms with Crippen LogP contribution in [0, 0.1) is 0 Å². The highest BCUT2D eigenvalue weighted by molar-refractivity contribution is 7.20. The van der Waals surface area contributed by atoms with Crippen LogP contribution >= 0.6 is 11.3 Å². The van der Waals surface area contributed by atoms with Gasteiger partial charge in [0.1, 0.15) is 13.2 Å². The van der Waals surface area contributed by atoms with Crippen molar-refractivity contribution >= 4 is 21.4 Å². The Balaban J connectivity index is 1.43. The van der Waals surface area contributed by atoms with Crippen molar-refractivity contribution in [1.29, 1.82) is 0 Å². The Kier molecular flexibility index (Phi) is 3.58. The zero-order valence-corrected chi connectivity index (χ0v) is 13.0. The molecule has 0 aliphatic carbocycles. The Hall–Kier alpha value is -2.61. The van der Waals surface area contributed by atoms with E-state index in [0.29, 0.717) is 29.9 Å². The first-order valence-corrected chi connectivity index (χ1v) is 8.08. The number of ether oxygens (including phenoxy) is 2. The van der Waals surface area contributed by atoms with Gasteiger partial charge in [0.2, 0.25) is 10.1 Å². The molecular formula is C15H14N4O3S. The van der Waals surface area contributed by atoms with Gasteiger partial charge in [-0.2, -0.15) is 4.52 Å². The van der Waals surface area contributed by atoms with Crippen molar-refractivity contribution < 1.29 is 9.47 Å². The fraction of sp³-hybridized carbons (Fsp3) is 0.267. The third kappa shape index (κ3) is 2.85. The van der Waals surface area contributed by atoms with Crippen molar-refractivity contribution in [1.82, 2.24) is 14.6 Å². The van der Waals surface area contributed by atoms with E-state index >= 15 is 0 Å². The third-order valence-corrected chi connectivity index (χ3v) is 4.35. The Morgan fingerprint density at radius 3 is 2.96 bits per heavy atom. The summed E-state index contributed by atoms with van der Waals surface area (Å²) in [6.45, 7) is 1.88. The van der Waals surface area contributed by atoms with Gasteiger partial charge in [-0.3, -0.25) is 4.79 Å². The maximum Gasteiger partial charge on any atom is 0.275 e. The van der Waals surface area contributed by atoms with Gasteiger partial charge in [0.25, 0.3) is 5.56 Å². The Morgan fingerprint density at radius 2 is 2.09 bits per heavy atom. The van der Waals surface area contributed by atoms with Crippen LogP contribution in [0.25, 0.3) is 4.96 Å². The van der Waals surface area contributed by atoms with Crippen LogP contribution in [0.2, 0.25) is 0 Å². The molecule has 2 aromatic heterocycles. The summed E-state index contributed by atoms with van der Waals surface area (Å²) < 4.78 is 12.4. The third-order valence-electron chi connectivity index (χ3n) is 3.47. The molecule has 0 spiro atoms. The molecule has 4 rings (SSSR count). The van der Waals surface area contributed by atoms with E-state index in [0.717, 1.165) is 23.5 Å². The summed E-state index contributed by atoms with van der Waals surface area (Å²) in [6.07, 6.45) is 2.31. The smallest absolute Gasteiger partial charge is 0.275 e. The van der Waals surface area contributed by atoms with Crippen LogP contribution in [-0.4, -0.2) is 34.4 Å². The molecule has 0 bridgehead atoms. The van der Waals surface area contributed by atoms with Crippen LogP contribution in [0.1, 0.15) is 5.56 Å². The molecule has 1 aliphatic rings. The lowest BCUT2D eigenvalue weighted by molar-refractivity contribution is 0.171. The van der Waals surface area contributed by atoms with E-state index in [4.69, 9.17) is 9.47 Å². The quantitative estimate of drug-likeness (QED) is 0.782. The van der Waals surface area contributed by atoms with Crippen molar-refractivity contribution in [3.63, 3.8) is 0 Å². The lowest BCUT2D eigenvalue weighted by atomic mass is 10.1. The number of nitrogens with one attached hydrogen (secondary N) is 1. The Morgan fingerprint density at radius 1 is 1.22 bits per heavy atom. The van der Waals surface area contributed by atoms with Gasteiger partial charge >= 0.3 is 0 Å². The lowest BCUT2D eigenvalue weighted by Crippen LogP contribution is -2.15. The molecule has 0 saturated carbocycles. The molecule has 0 radical (unpaired) electrons. The van der Waals surface area contributed by atoms with Gasteiger partial charge in [-0.1, -0.05) is 17.4 Å². The second kappa shape index (κ2) is 5.88. The first-order chi connectivity index (χ1) is 11.3. The van der Waals surface area contributed by atoms with Crippen molar-refractivity contribution in [3.05, 3.63) is 46.4 Å². The van der Waals surface area contributed by atoms with Gasteiger partial charge in [0.15, 0.2) is 11.5 Å². The first-order valence-electron chi connectivity index (χ1n) is 7.27. The Bertz CT molecular complexity index is 905. The standard InChI is InChI=1S/C15H14N4O3S/c20-13-4-6-17-15-19(13)18-14(23-15)16-5-3-10-1-2-11-12(9-10)22-8-7-21-11/h1-2,4,6,9H,3,5,7-8H2,(H,16,18). The summed E-state index contributed by atoms with van der Waals surface area (Å²) in [5.74, 6) is 1.59. The summed E-state index contributed by atoms with van der Waals surface area (Å²) in [4.78, 5) is 16.3. The number of fused-ring (bicyclic) bond motifs is 2. The van der Waals surface area contributed by atoms with Gasteiger partial charge in [0, 0.05) is 18.8 Å². The molecule has 3 aromatic rings. The molecule has 1 N–H and O–H groups in total. The van der Waals surface area contributed by atoms with Gasteiger partial charge < -0.3 is 14.8 Å². The average Bonchev–Trinajstić information content (AvgIpc) is 2.99. The summed E-state index contributed by atoms with van der Waals surface area (Å²) in [5.41, 5.74) is 0.976. The van der Waals surface area contributed by atoms with E-state index < -0.39 is 0 Å². The van der Waals surface area contributed by atoms with Crippen molar-refractivity contribution in [2.75, 3.05) is 25.1 Å². The average molecular weight is 330 g/mol. The molecule has 118 valence electrons. The summed E-state index contributed by atoms with van der Waals surface area (Å²) in [7, 11) is 0. The molecule has 0 unspecified atom stereocenters. The number of anilines is 1. The van der Waals surface area contributed by atoms with E-state index in [2.05, 4.69) is 15.4 Å². The molecule has 1 aromatic carbocycles. The molecule has 0 saturated heterocycles. The van der Waals surface area contributed by atoms with Gasteiger partial charge in [-0.05, 0) is 24.1 Å². The van der Waals surface area contributed by atoms with Crippen LogP contribution in [0.5, 0.6) is 11.5 Å². The second-order valence-electron chi connectivity index (χ2n) is 5.04. The topological polar surface area (TPSA) is 77.8 Å². The molecule has 0 amide bonds. The molecule has 0 fully saturated rings. The highest BCUT2D eigenvalue weighted by atomic mass is 32.1. The SMILES string of the molecule is O=c1ccnc2sc(NCCc3ccc4c(c3)OCCO4)nn12. The van der Waals surface area contributed by atoms with Crippen molar-refractivity contribution in [2.24, 2.45) is 0 Å². The second-order valence-corrected chi connectivity index (χ2v) is 6.00. The predicted molar refractivity (Wildman–Crippen MR) is 86.8 cm³/mol. The Labute approximate surface area is 135 Å².